The van der Waals surface area contributed by atoms with Crippen molar-refractivity contribution in [3.8, 4) is 0 Å². The molecule has 0 amide bonds. The molecule has 1 aliphatic carbocycles. The lowest BCUT2D eigenvalue weighted by atomic mass is 9.90. The van der Waals surface area contributed by atoms with Crippen LogP contribution in [0.4, 0.5) is 0 Å². The second-order valence-corrected chi connectivity index (χ2v) is 5.20. The third kappa shape index (κ3) is 1.62. The molecule has 70 valence electrons. The van der Waals surface area contributed by atoms with Gasteiger partial charge in [0.05, 0.1) is 0 Å². The van der Waals surface area contributed by atoms with E-state index in [4.69, 9.17) is 5.73 Å². The molecule has 1 aliphatic rings. The van der Waals surface area contributed by atoms with Crippen LogP contribution in [0, 0.1) is 3.57 Å². The van der Waals surface area contributed by atoms with Gasteiger partial charge in [-0.05, 0) is 60.1 Å². The molecule has 1 nitrogen and oxygen atoms in total. The van der Waals surface area contributed by atoms with Gasteiger partial charge in [-0.25, -0.2) is 0 Å². The van der Waals surface area contributed by atoms with Crippen LogP contribution in [-0.2, 0) is 5.41 Å². The number of rotatable bonds is 2. The molecule has 2 N–H and O–H groups in total. The smallest absolute Gasteiger partial charge is 0.0130 e. The third-order valence-electron chi connectivity index (χ3n) is 3.08. The second-order valence-electron chi connectivity index (χ2n) is 3.95. The van der Waals surface area contributed by atoms with Crippen molar-refractivity contribution in [1.82, 2.24) is 0 Å². The normalized spacial score (nSPS) is 21.2. The van der Waals surface area contributed by atoms with Crippen molar-refractivity contribution in [3.05, 3.63) is 33.4 Å². The molecule has 1 fully saturated rings. The highest BCUT2D eigenvalue weighted by molar-refractivity contribution is 14.1. The maximum atomic E-state index is 6.00. The van der Waals surface area contributed by atoms with Crippen molar-refractivity contribution in [1.29, 1.82) is 0 Å². The predicted molar refractivity (Wildman–Crippen MR) is 63.7 cm³/mol. The van der Waals surface area contributed by atoms with Gasteiger partial charge in [-0.2, -0.15) is 0 Å². The quantitative estimate of drug-likeness (QED) is 0.831. The summed E-state index contributed by atoms with van der Waals surface area (Å²) in [6, 6.07) is 9.06. The van der Waals surface area contributed by atoms with Crippen molar-refractivity contribution in [3.63, 3.8) is 0 Å². The van der Waals surface area contributed by atoms with Crippen LogP contribution in [0.5, 0.6) is 0 Å². The minimum Gasteiger partial charge on any atom is -0.327 e. The average molecular weight is 287 g/mol. The molecular weight excluding hydrogens is 273 g/mol. The fraction of sp³-hybridized carbons (Fsp3) is 0.455. The molecule has 1 unspecified atom stereocenters. The molecule has 1 atom stereocenters. The van der Waals surface area contributed by atoms with Gasteiger partial charge in [0.1, 0.15) is 0 Å². The Hall–Kier alpha value is -0.0900. The summed E-state index contributed by atoms with van der Waals surface area (Å²) in [7, 11) is 0. The van der Waals surface area contributed by atoms with E-state index < -0.39 is 0 Å². The van der Waals surface area contributed by atoms with Crippen LogP contribution in [-0.4, -0.2) is 6.04 Å². The molecule has 1 aromatic carbocycles. The van der Waals surface area contributed by atoms with Gasteiger partial charge in [0.25, 0.3) is 0 Å². The van der Waals surface area contributed by atoms with Crippen LogP contribution in [0.15, 0.2) is 24.3 Å². The molecule has 1 saturated carbocycles. The van der Waals surface area contributed by atoms with Crippen LogP contribution in [0.1, 0.15) is 25.3 Å². The minimum absolute atomic E-state index is 0.285. The molecule has 0 heterocycles. The topological polar surface area (TPSA) is 26.0 Å². The Bertz CT molecular complexity index is 298. The molecule has 13 heavy (non-hydrogen) atoms. The summed E-state index contributed by atoms with van der Waals surface area (Å²) in [5.74, 6) is 0. The van der Waals surface area contributed by atoms with Gasteiger partial charge in [0, 0.05) is 15.0 Å². The summed E-state index contributed by atoms with van der Waals surface area (Å²) >= 11 is 2.33. The summed E-state index contributed by atoms with van der Waals surface area (Å²) < 4.78 is 1.29. The van der Waals surface area contributed by atoms with Crippen LogP contribution < -0.4 is 5.73 Å². The van der Waals surface area contributed by atoms with Crippen LogP contribution in [0.2, 0.25) is 0 Å². The van der Waals surface area contributed by atoms with Crippen molar-refractivity contribution < 1.29 is 0 Å². The van der Waals surface area contributed by atoms with E-state index in [0.717, 1.165) is 0 Å². The Kier molecular flexibility index (Phi) is 2.36. The van der Waals surface area contributed by atoms with Gasteiger partial charge in [-0.15, -0.1) is 0 Å². The minimum atomic E-state index is 0.285. The van der Waals surface area contributed by atoms with E-state index in [1.54, 1.807) is 0 Å². The monoisotopic (exact) mass is 287 g/mol. The summed E-state index contributed by atoms with van der Waals surface area (Å²) in [6.07, 6.45) is 2.51. The Morgan fingerprint density at radius 2 is 1.85 bits per heavy atom. The standard InChI is InChI=1S/C11H14IN/c1-8(13)11(6-7-11)9-2-4-10(12)5-3-9/h2-5,8H,6-7,13H2,1H3. The molecule has 0 bridgehead atoms. The van der Waals surface area contributed by atoms with E-state index >= 15 is 0 Å². The van der Waals surface area contributed by atoms with Crippen molar-refractivity contribution >= 4 is 22.6 Å². The predicted octanol–water partition coefficient (Wildman–Crippen LogP) is 2.67. The number of benzene rings is 1. The molecular formula is C11H14IN. The zero-order chi connectivity index (χ0) is 9.47. The average Bonchev–Trinajstić information content (AvgIpc) is 2.86. The molecule has 0 aliphatic heterocycles. The van der Waals surface area contributed by atoms with Gasteiger partial charge in [0.2, 0.25) is 0 Å². The summed E-state index contributed by atoms with van der Waals surface area (Å²) in [5, 5.41) is 0. The highest BCUT2D eigenvalue weighted by Gasteiger charge is 2.47. The molecule has 0 radical (unpaired) electrons. The van der Waals surface area contributed by atoms with Gasteiger partial charge in [-0.1, -0.05) is 12.1 Å². The highest BCUT2D eigenvalue weighted by atomic mass is 127. The summed E-state index contributed by atoms with van der Waals surface area (Å²) in [5.41, 5.74) is 7.73. The number of nitrogens with two attached hydrogens (primary N) is 1. The van der Waals surface area contributed by atoms with Crippen LogP contribution in [0.3, 0.4) is 0 Å². The Morgan fingerprint density at radius 1 is 1.31 bits per heavy atom. The van der Waals surface area contributed by atoms with Crippen molar-refractivity contribution in [2.24, 2.45) is 5.73 Å². The van der Waals surface area contributed by atoms with Crippen LogP contribution in [0.25, 0.3) is 0 Å². The van der Waals surface area contributed by atoms with Crippen molar-refractivity contribution in [2.75, 3.05) is 0 Å². The highest BCUT2D eigenvalue weighted by Crippen LogP contribution is 2.50. The van der Waals surface area contributed by atoms with E-state index in [0.29, 0.717) is 5.41 Å². The Morgan fingerprint density at radius 3 is 2.23 bits per heavy atom. The zero-order valence-corrected chi connectivity index (χ0v) is 9.91. The number of hydrogen-bond donors (Lipinski definition) is 1. The first-order chi connectivity index (χ1) is 6.15. The first-order valence-electron chi connectivity index (χ1n) is 4.67. The van der Waals surface area contributed by atoms with Gasteiger partial charge >= 0.3 is 0 Å². The van der Waals surface area contributed by atoms with Gasteiger partial charge in [-0.3, -0.25) is 0 Å². The SMILES string of the molecule is CC(N)C1(c2ccc(I)cc2)CC1. The summed E-state index contributed by atoms with van der Waals surface area (Å²) in [4.78, 5) is 0. The van der Waals surface area contributed by atoms with E-state index in [1.165, 1.54) is 22.0 Å². The maximum Gasteiger partial charge on any atom is 0.0130 e. The first kappa shape index (κ1) is 9.46. The lowest BCUT2D eigenvalue weighted by Gasteiger charge is -2.19. The Balaban J connectivity index is 2.31. The third-order valence-corrected chi connectivity index (χ3v) is 3.80. The molecule has 0 spiro atoms. The number of halogens is 1. The molecule has 1 aromatic rings. The largest absolute Gasteiger partial charge is 0.327 e. The number of hydrogen-bond acceptors (Lipinski definition) is 1. The second kappa shape index (κ2) is 3.24. The molecule has 2 heteroatoms. The van der Waals surface area contributed by atoms with Crippen LogP contribution >= 0.6 is 22.6 Å². The lowest BCUT2D eigenvalue weighted by molar-refractivity contribution is 0.556. The lowest BCUT2D eigenvalue weighted by Crippen LogP contribution is -2.31. The van der Waals surface area contributed by atoms with Gasteiger partial charge < -0.3 is 5.73 Å². The maximum absolute atomic E-state index is 6.00. The zero-order valence-electron chi connectivity index (χ0n) is 7.76. The summed E-state index contributed by atoms with van der Waals surface area (Å²) in [6.45, 7) is 2.12. The fourth-order valence-corrected chi connectivity index (χ4v) is 2.28. The van der Waals surface area contributed by atoms with Gasteiger partial charge in [0.15, 0.2) is 0 Å². The Labute approximate surface area is 92.9 Å². The molecule has 2 rings (SSSR count). The molecule has 0 saturated heterocycles. The molecule has 0 aromatic heterocycles. The van der Waals surface area contributed by atoms with Crippen molar-refractivity contribution in [2.45, 2.75) is 31.2 Å². The van der Waals surface area contributed by atoms with E-state index in [-0.39, 0.29) is 6.04 Å². The van der Waals surface area contributed by atoms with E-state index in [9.17, 15) is 0 Å². The van der Waals surface area contributed by atoms with E-state index in [1.807, 2.05) is 0 Å². The fourth-order valence-electron chi connectivity index (χ4n) is 1.92. The first-order valence-corrected chi connectivity index (χ1v) is 5.75. The van der Waals surface area contributed by atoms with E-state index in [2.05, 4.69) is 53.8 Å².